The minimum atomic E-state index is -0.347. The highest BCUT2D eigenvalue weighted by molar-refractivity contribution is 6.30. The number of anilines is 3. The highest BCUT2D eigenvalue weighted by Gasteiger charge is 2.30. The number of hydrogen-bond donors (Lipinski definition) is 2. The van der Waals surface area contributed by atoms with Crippen LogP contribution in [-0.2, 0) is 0 Å². The summed E-state index contributed by atoms with van der Waals surface area (Å²) in [4.78, 5) is 28.0. The normalized spacial score (nSPS) is 14.1. The molecule has 1 aromatic carbocycles. The van der Waals surface area contributed by atoms with Crippen LogP contribution in [0.15, 0.2) is 48.8 Å². The molecule has 0 spiro atoms. The van der Waals surface area contributed by atoms with E-state index in [9.17, 15) is 4.79 Å². The highest BCUT2D eigenvalue weighted by atomic mass is 35.5. The van der Waals surface area contributed by atoms with Crippen LogP contribution in [0.5, 0.6) is 5.88 Å². The Bertz CT molecular complexity index is 1100. The smallest absolute Gasteiger partial charge is 0.328 e. The molecule has 1 aliphatic rings. The van der Waals surface area contributed by atoms with Crippen molar-refractivity contribution in [3.63, 3.8) is 0 Å². The predicted octanol–water partition coefficient (Wildman–Crippen LogP) is 5.15. The van der Waals surface area contributed by atoms with Crippen molar-refractivity contribution in [3.05, 3.63) is 53.8 Å². The number of carbonyl (C=O) groups is 1. The average molecular weight is 453 g/mol. The Labute approximate surface area is 191 Å². The number of rotatable bonds is 5. The molecule has 1 aliphatic carbocycles. The molecule has 32 heavy (non-hydrogen) atoms. The third-order valence-corrected chi connectivity index (χ3v) is 5.73. The zero-order valence-electron chi connectivity index (χ0n) is 17.8. The van der Waals surface area contributed by atoms with Gasteiger partial charge in [-0.25, -0.2) is 19.7 Å². The Hall–Kier alpha value is -3.39. The molecule has 0 atom stereocenters. The fourth-order valence-corrected chi connectivity index (χ4v) is 4.11. The summed E-state index contributed by atoms with van der Waals surface area (Å²) in [5.74, 6) is 1.13. The summed E-state index contributed by atoms with van der Waals surface area (Å²) in [5.41, 5.74) is 8.29. The van der Waals surface area contributed by atoms with Gasteiger partial charge in [0, 0.05) is 22.7 Å². The van der Waals surface area contributed by atoms with Gasteiger partial charge in [-0.15, -0.1) is 0 Å². The molecule has 9 heteroatoms. The summed E-state index contributed by atoms with van der Waals surface area (Å²) < 4.78 is 5.13. The topological polar surface area (TPSA) is 106 Å². The summed E-state index contributed by atoms with van der Waals surface area (Å²) in [6.45, 7) is 0. The van der Waals surface area contributed by atoms with Gasteiger partial charge in [0.05, 0.1) is 18.5 Å². The van der Waals surface area contributed by atoms with Crippen LogP contribution in [0.3, 0.4) is 0 Å². The van der Waals surface area contributed by atoms with E-state index in [1.54, 1.807) is 23.1 Å². The molecule has 2 aromatic heterocycles. The van der Waals surface area contributed by atoms with Crippen LogP contribution in [0, 0.1) is 0 Å². The number of amides is 2. The van der Waals surface area contributed by atoms with Crippen molar-refractivity contribution < 1.29 is 9.53 Å². The minimum Gasteiger partial charge on any atom is -0.481 e. The van der Waals surface area contributed by atoms with Crippen LogP contribution < -0.4 is 20.7 Å². The summed E-state index contributed by atoms with van der Waals surface area (Å²) in [5, 5.41) is 3.46. The van der Waals surface area contributed by atoms with Crippen LogP contribution in [0.2, 0.25) is 5.02 Å². The van der Waals surface area contributed by atoms with Crippen LogP contribution in [0.25, 0.3) is 11.3 Å². The fraction of sp³-hybridized carbons (Fsp3) is 0.304. The number of pyridine rings is 1. The van der Waals surface area contributed by atoms with E-state index in [-0.39, 0.29) is 12.1 Å². The van der Waals surface area contributed by atoms with Gasteiger partial charge in [0.15, 0.2) is 5.82 Å². The lowest BCUT2D eigenvalue weighted by Crippen LogP contribution is -2.45. The molecule has 3 N–H and O–H groups in total. The first kappa shape index (κ1) is 21.8. The van der Waals surface area contributed by atoms with E-state index in [0.717, 1.165) is 37.7 Å². The number of nitrogens with one attached hydrogen (secondary N) is 1. The Kier molecular flexibility index (Phi) is 6.70. The number of nitrogen functional groups attached to an aromatic ring is 1. The van der Waals surface area contributed by atoms with Crippen molar-refractivity contribution in [3.8, 4) is 17.1 Å². The number of carbonyl (C=O) groups excluding carboxylic acids is 1. The number of halogens is 1. The predicted molar refractivity (Wildman–Crippen MR) is 126 cm³/mol. The second-order valence-electron chi connectivity index (χ2n) is 7.66. The van der Waals surface area contributed by atoms with Crippen molar-refractivity contribution in [1.29, 1.82) is 0 Å². The number of hydrogen-bond acceptors (Lipinski definition) is 6. The third-order valence-electron chi connectivity index (χ3n) is 5.50. The zero-order chi connectivity index (χ0) is 22.5. The molecule has 0 saturated heterocycles. The van der Waals surface area contributed by atoms with Gasteiger partial charge in [0.2, 0.25) is 5.88 Å². The number of nitrogens with zero attached hydrogens (tertiary/aromatic N) is 4. The molecule has 0 unspecified atom stereocenters. The van der Waals surface area contributed by atoms with Crippen molar-refractivity contribution in [2.45, 2.75) is 38.1 Å². The molecular weight excluding hydrogens is 428 g/mol. The van der Waals surface area contributed by atoms with Crippen molar-refractivity contribution in [2.75, 3.05) is 23.1 Å². The molecule has 0 aliphatic heterocycles. The number of nitrogens with two attached hydrogens (primary N) is 1. The lowest BCUT2D eigenvalue weighted by atomic mass is 9.94. The molecular formula is C23H25ClN6O2. The number of urea groups is 1. The molecule has 4 rings (SSSR count). The van der Waals surface area contributed by atoms with Gasteiger partial charge in [0.1, 0.15) is 12.1 Å². The maximum Gasteiger partial charge on any atom is 0.328 e. The van der Waals surface area contributed by atoms with Gasteiger partial charge in [0.25, 0.3) is 0 Å². The van der Waals surface area contributed by atoms with E-state index < -0.39 is 0 Å². The lowest BCUT2D eigenvalue weighted by molar-refractivity contribution is 0.252. The van der Waals surface area contributed by atoms with E-state index in [4.69, 9.17) is 27.1 Å². The molecule has 166 valence electrons. The maximum atomic E-state index is 13.5. The van der Waals surface area contributed by atoms with Crippen molar-refractivity contribution in [2.24, 2.45) is 0 Å². The zero-order valence-corrected chi connectivity index (χ0v) is 18.5. The highest BCUT2D eigenvalue weighted by Crippen LogP contribution is 2.33. The Morgan fingerprint density at radius 2 is 1.97 bits per heavy atom. The van der Waals surface area contributed by atoms with Crippen LogP contribution in [-0.4, -0.2) is 34.1 Å². The average Bonchev–Trinajstić information content (AvgIpc) is 2.81. The second kappa shape index (κ2) is 9.82. The van der Waals surface area contributed by atoms with Crippen LogP contribution in [0.4, 0.5) is 22.1 Å². The molecule has 8 nitrogen and oxygen atoms in total. The molecule has 1 fully saturated rings. The van der Waals surface area contributed by atoms with Gasteiger partial charge < -0.3 is 10.5 Å². The summed E-state index contributed by atoms with van der Waals surface area (Å²) in [6, 6.07) is 12.2. The van der Waals surface area contributed by atoms with Gasteiger partial charge in [-0.2, -0.15) is 0 Å². The Morgan fingerprint density at radius 3 is 2.72 bits per heavy atom. The summed E-state index contributed by atoms with van der Waals surface area (Å²) >= 11 is 6.17. The van der Waals surface area contributed by atoms with E-state index >= 15 is 0 Å². The van der Waals surface area contributed by atoms with Gasteiger partial charge in [-0.3, -0.25) is 10.2 Å². The largest absolute Gasteiger partial charge is 0.481 e. The third kappa shape index (κ3) is 4.91. The monoisotopic (exact) mass is 452 g/mol. The van der Waals surface area contributed by atoms with E-state index in [2.05, 4.69) is 15.3 Å². The quantitative estimate of drug-likeness (QED) is 0.554. The molecule has 2 amide bonds. The Balaban J connectivity index is 1.71. The van der Waals surface area contributed by atoms with Gasteiger partial charge in [-0.1, -0.05) is 43.0 Å². The molecule has 0 bridgehead atoms. The second-order valence-corrected chi connectivity index (χ2v) is 8.09. The van der Waals surface area contributed by atoms with E-state index in [1.807, 2.05) is 24.3 Å². The number of ether oxygens (including phenoxy) is 1. The first-order valence-corrected chi connectivity index (χ1v) is 10.9. The van der Waals surface area contributed by atoms with Gasteiger partial charge >= 0.3 is 6.03 Å². The summed E-state index contributed by atoms with van der Waals surface area (Å²) in [6.07, 6.45) is 6.34. The van der Waals surface area contributed by atoms with Crippen LogP contribution in [0.1, 0.15) is 32.1 Å². The van der Waals surface area contributed by atoms with Crippen molar-refractivity contribution >= 4 is 35.0 Å². The SMILES string of the molecule is COc1cc(NC(=O)N(c2nc(-c3cccc(Cl)c3)ccc2N)C2CCCCC2)ncn1. The lowest BCUT2D eigenvalue weighted by Gasteiger charge is -2.34. The molecule has 3 aromatic rings. The van der Waals surface area contributed by atoms with E-state index in [0.29, 0.717) is 33.9 Å². The first-order chi connectivity index (χ1) is 15.5. The molecule has 1 saturated carbocycles. The molecule has 0 radical (unpaired) electrons. The first-order valence-electron chi connectivity index (χ1n) is 10.5. The fourth-order valence-electron chi connectivity index (χ4n) is 3.92. The Morgan fingerprint density at radius 1 is 1.16 bits per heavy atom. The summed E-state index contributed by atoms with van der Waals surface area (Å²) in [7, 11) is 1.51. The van der Waals surface area contributed by atoms with Crippen molar-refractivity contribution in [1.82, 2.24) is 15.0 Å². The number of methoxy groups -OCH3 is 1. The minimum absolute atomic E-state index is 0.0168. The van der Waals surface area contributed by atoms with Crippen LogP contribution >= 0.6 is 11.6 Å². The standard InChI is InChI=1S/C23H25ClN6O2/c1-32-21-13-20(26-14-27-21)29-23(31)30(17-8-3-2-4-9-17)22-18(25)10-11-19(28-22)15-6-5-7-16(24)12-15/h5-7,10-14,17H,2-4,8-9,25H2,1H3,(H,26,27,29,31). The van der Waals surface area contributed by atoms with E-state index in [1.165, 1.54) is 13.4 Å². The number of aromatic nitrogens is 3. The maximum absolute atomic E-state index is 13.5. The molecule has 2 heterocycles. The number of benzene rings is 1. The van der Waals surface area contributed by atoms with Gasteiger partial charge in [-0.05, 0) is 37.1 Å².